The molecule has 0 fully saturated rings. The summed E-state index contributed by atoms with van der Waals surface area (Å²) >= 11 is 0. The Labute approximate surface area is 75.8 Å². The lowest BCUT2D eigenvalue weighted by atomic mass is 10.0. The van der Waals surface area contributed by atoms with Gasteiger partial charge in [-0.15, -0.1) is 0 Å². The van der Waals surface area contributed by atoms with Gasteiger partial charge in [0.25, 0.3) is 0 Å². The summed E-state index contributed by atoms with van der Waals surface area (Å²) in [5.74, 6) is -0.145. The Balaban J connectivity index is 3.35. The molecule has 0 atom stereocenters. The van der Waals surface area contributed by atoms with Crippen molar-refractivity contribution < 1.29 is 4.79 Å². The van der Waals surface area contributed by atoms with Crippen molar-refractivity contribution in [2.75, 3.05) is 0 Å². The minimum absolute atomic E-state index is 0.145. The molecule has 13 heavy (non-hydrogen) atoms. The van der Waals surface area contributed by atoms with Gasteiger partial charge in [0.15, 0.2) is 5.78 Å². The molecule has 3 heteroatoms. The molecule has 0 heterocycles. The van der Waals surface area contributed by atoms with Gasteiger partial charge in [0.2, 0.25) is 0 Å². The van der Waals surface area contributed by atoms with E-state index in [4.69, 9.17) is 10.5 Å². The third-order valence-corrected chi connectivity index (χ3v) is 1.60. The van der Waals surface area contributed by atoms with Crippen LogP contribution in [0.2, 0.25) is 0 Å². The van der Waals surface area contributed by atoms with Gasteiger partial charge in [-0.05, 0) is 25.1 Å². The van der Waals surface area contributed by atoms with Crippen LogP contribution < -0.4 is 0 Å². The fourth-order valence-electron chi connectivity index (χ4n) is 0.960. The second-order valence-electron chi connectivity index (χ2n) is 2.58. The Morgan fingerprint density at radius 2 is 1.62 bits per heavy atom. The normalized spacial score (nSPS) is 8.54. The molecule has 1 aromatic carbocycles. The van der Waals surface area contributed by atoms with E-state index in [9.17, 15) is 4.79 Å². The number of ketones is 1. The molecule has 1 aromatic rings. The summed E-state index contributed by atoms with van der Waals surface area (Å²) in [6.45, 7) is 1.40. The molecule has 0 spiro atoms. The van der Waals surface area contributed by atoms with Crippen molar-refractivity contribution in [2.45, 2.75) is 6.92 Å². The first-order valence-corrected chi connectivity index (χ1v) is 3.63. The predicted octanol–water partition coefficient (Wildman–Crippen LogP) is 1.63. The highest BCUT2D eigenvalue weighted by atomic mass is 16.1. The smallest absolute Gasteiger partial charge is 0.159 e. The maximum atomic E-state index is 11.0. The van der Waals surface area contributed by atoms with Gasteiger partial charge in [0.05, 0.1) is 23.3 Å². The zero-order valence-electron chi connectivity index (χ0n) is 7.03. The van der Waals surface area contributed by atoms with Gasteiger partial charge in [0.1, 0.15) is 0 Å². The number of rotatable bonds is 1. The molecule has 0 amide bonds. The summed E-state index contributed by atoms with van der Waals surface area (Å²) in [5.41, 5.74) is 1.07. The number of Topliss-reactive ketones (excluding diaryl/α,β-unsaturated/α-hetero) is 1. The first-order chi connectivity index (χ1) is 6.17. The Morgan fingerprint density at radius 1 is 1.15 bits per heavy atom. The van der Waals surface area contributed by atoms with Crippen molar-refractivity contribution >= 4 is 5.78 Å². The SMILES string of the molecule is CC(=O)c1cc(C#N)cc(C#N)c1. The van der Waals surface area contributed by atoms with E-state index >= 15 is 0 Å². The molecule has 0 saturated heterocycles. The quantitative estimate of drug-likeness (QED) is 0.601. The van der Waals surface area contributed by atoms with E-state index in [0.717, 1.165) is 0 Å². The van der Waals surface area contributed by atoms with Crippen LogP contribution in [-0.2, 0) is 0 Å². The molecule has 0 bridgehead atoms. The molecule has 0 aliphatic carbocycles. The van der Waals surface area contributed by atoms with Gasteiger partial charge in [-0.2, -0.15) is 10.5 Å². The van der Waals surface area contributed by atoms with E-state index in [-0.39, 0.29) is 5.78 Å². The van der Waals surface area contributed by atoms with Crippen molar-refractivity contribution in [3.8, 4) is 12.1 Å². The summed E-state index contributed by atoms with van der Waals surface area (Å²) in [6.07, 6.45) is 0. The minimum Gasteiger partial charge on any atom is -0.295 e. The highest BCUT2D eigenvalue weighted by Crippen LogP contribution is 2.09. The van der Waals surface area contributed by atoms with Crippen LogP contribution in [0.1, 0.15) is 28.4 Å². The van der Waals surface area contributed by atoms with Gasteiger partial charge in [-0.25, -0.2) is 0 Å². The van der Waals surface area contributed by atoms with Crippen molar-refractivity contribution in [2.24, 2.45) is 0 Å². The van der Waals surface area contributed by atoms with Gasteiger partial charge >= 0.3 is 0 Å². The molecule has 0 aliphatic rings. The summed E-state index contributed by atoms with van der Waals surface area (Å²) in [5, 5.41) is 17.2. The summed E-state index contributed by atoms with van der Waals surface area (Å²) < 4.78 is 0. The van der Waals surface area contributed by atoms with Gasteiger partial charge < -0.3 is 0 Å². The molecular formula is C10H6N2O. The Hall–Kier alpha value is -2.13. The largest absolute Gasteiger partial charge is 0.295 e. The Kier molecular flexibility index (Phi) is 2.42. The molecular weight excluding hydrogens is 164 g/mol. The minimum atomic E-state index is -0.145. The summed E-state index contributed by atoms with van der Waals surface area (Å²) in [6, 6.07) is 8.19. The fraction of sp³-hybridized carbons (Fsp3) is 0.100. The first kappa shape index (κ1) is 8.96. The van der Waals surface area contributed by atoms with Gasteiger partial charge in [-0.1, -0.05) is 0 Å². The average Bonchev–Trinajstić information content (AvgIpc) is 2.16. The van der Waals surface area contributed by atoms with Crippen LogP contribution in [-0.4, -0.2) is 5.78 Å². The van der Waals surface area contributed by atoms with Crippen LogP contribution in [0, 0.1) is 22.7 Å². The first-order valence-electron chi connectivity index (χ1n) is 3.63. The number of hydrogen-bond acceptors (Lipinski definition) is 3. The monoisotopic (exact) mass is 170 g/mol. The highest BCUT2D eigenvalue weighted by Gasteiger charge is 2.03. The zero-order chi connectivity index (χ0) is 9.84. The molecule has 0 radical (unpaired) electrons. The average molecular weight is 170 g/mol. The van der Waals surface area contributed by atoms with Crippen LogP contribution in [0.4, 0.5) is 0 Å². The number of benzene rings is 1. The molecule has 0 N–H and O–H groups in total. The molecule has 0 unspecified atom stereocenters. The van der Waals surface area contributed by atoms with Crippen LogP contribution in [0.25, 0.3) is 0 Å². The predicted molar refractivity (Wildman–Crippen MR) is 45.9 cm³/mol. The number of nitriles is 2. The third kappa shape index (κ3) is 1.91. The van der Waals surface area contributed by atoms with E-state index in [1.54, 1.807) is 0 Å². The standard InChI is InChI=1S/C10H6N2O/c1-7(13)10-3-8(5-11)2-9(4-10)6-12/h2-4H,1H3. The van der Waals surface area contributed by atoms with Crippen LogP contribution in [0.15, 0.2) is 18.2 Å². The molecule has 0 aromatic heterocycles. The molecule has 1 rings (SSSR count). The lowest BCUT2D eigenvalue weighted by Crippen LogP contribution is -1.94. The van der Waals surface area contributed by atoms with Crippen molar-refractivity contribution in [3.63, 3.8) is 0 Å². The van der Waals surface area contributed by atoms with E-state index < -0.39 is 0 Å². The Bertz CT molecular complexity index is 403. The summed E-state index contributed by atoms with van der Waals surface area (Å²) in [7, 11) is 0. The van der Waals surface area contributed by atoms with Crippen molar-refractivity contribution in [3.05, 3.63) is 34.9 Å². The molecule has 3 nitrogen and oxygen atoms in total. The van der Waals surface area contributed by atoms with Crippen LogP contribution in [0.5, 0.6) is 0 Å². The molecule has 0 aliphatic heterocycles. The third-order valence-electron chi connectivity index (χ3n) is 1.60. The number of carbonyl (C=O) groups is 1. The topological polar surface area (TPSA) is 64.7 Å². The number of carbonyl (C=O) groups excluding carboxylic acids is 1. The van der Waals surface area contributed by atoms with Gasteiger partial charge in [0, 0.05) is 5.56 Å². The molecule has 62 valence electrons. The van der Waals surface area contributed by atoms with Gasteiger partial charge in [-0.3, -0.25) is 4.79 Å². The second kappa shape index (κ2) is 3.51. The highest BCUT2D eigenvalue weighted by molar-refractivity contribution is 5.94. The van der Waals surface area contributed by atoms with E-state index in [1.165, 1.54) is 25.1 Å². The van der Waals surface area contributed by atoms with Crippen molar-refractivity contribution in [1.82, 2.24) is 0 Å². The van der Waals surface area contributed by atoms with Crippen LogP contribution in [0.3, 0.4) is 0 Å². The maximum absolute atomic E-state index is 11.0. The lowest BCUT2D eigenvalue weighted by molar-refractivity contribution is 0.101. The number of nitrogens with zero attached hydrogens (tertiary/aromatic N) is 2. The van der Waals surface area contributed by atoms with Crippen LogP contribution >= 0.6 is 0 Å². The lowest BCUT2D eigenvalue weighted by Gasteiger charge is -1.96. The van der Waals surface area contributed by atoms with E-state index in [1.807, 2.05) is 12.1 Å². The zero-order valence-corrected chi connectivity index (χ0v) is 7.03. The van der Waals surface area contributed by atoms with E-state index in [2.05, 4.69) is 0 Å². The van der Waals surface area contributed by atoms with E-state index in [0.29, 0.717) is 16.7 Å². The Morgan fingerprint density at radius 3 is 1.92 bits per heavy atom. The molecule has 0 saturated carbocycles. The fourth-order valence-corrected chi connectivity index (χ4v) is 0.960. The van der Waals surface area contributed by atoms with Crippen molar-refractivity contribution in [1.29, 1.82) is 10.5 Å². The summed E-state index contributed by atoms with van der Waals surface area (Å²) in [4.78, 5) is 11.0. The second-order valence-corrected chi connectivity index (χ2v) is 2.58. The number of hydrogen-bond donors (Lipinski definition) is 0. The maximum Gasteiger partial charge on any atom is 0.159 e.